The van der Waals surface area contributed by atoms with Gasteiger partial charge < -0.3 is 4.74 Å². The summed E-state index contributed by atoms with van der Waals surface area (Å²) in [5.74, 6) is 0.599. The van der Waals surface area contributed by atoms with E-state index < -0.39 is 0 Å². The van der Waals surface area contributed by atoms with Crippen LogP contribution in [0.4, 0.5) is 11.4 Å². The lowest BCUT2D eigenvalue weighted by molar-refractivity contribution is -0.112. The first-order chi connectivity index (χ1) is 13.1. The average molecular weight is 396 g/mol. The van der Waals surface area contributed by atoms with Gasteiger partial charge in [0.25, 0.3) is 5.91 Å². The van der Waals surface area contributed by atoms with Gasteiger partial charge in [-0.1, -0.05) is 59.6 Å². The van der Waals surface area contributed by atoms with Crippen molar-refractivity contribution in [1.29, 1.82) is 0 Å². The van der Waals surface area contributed by atoms with Gasteiger partial charge >= 0.3 is 0 Å². The van der Waals surface area contributed by atoms with Crippen LogP contribution in [-0.4, -0.2) is 13.0 Å². The molecule has 1 amide bonds. The van der Waals surface area contributed by atoms with Gasteiger partial charge in [-0.3, -0.25) is 9.69 Å². The number of methoxy groups -OCH3 is 1. The van der Waals surface area contributed by atoms with E-state index >= 15 is 0 Å². The third-order valence-corrected chi connectivity index (χ3v) is 5.07. The van der Waals surface area contributed by atoms with E-state index in [2.05, 4.69) is 0 Å². The van der Waals surface area contributed by atoms with Crippen molar-refractivity contribution in [2.24, 2.45) is 0 Å². The van der Waals surface area contributed by atoms with E-state index in [9.17, 15) is 4.79 Å². The van der Waals surface area contributed by atoms with Crippen LogP contribution in [0.25, 0.3) is 11.6 Å². The summed E-state index contributed by atoms with van der Waals surface area (Å²) < 4.78 is 5.19. The summed E-state index contributed by atoms with van der Waals surface area (Å²) in [7, 11) is 1.62. The van der Waals surface area contributed by atoms with E-state index in [0.29, 0.717) is 21.3 Å². The number of carbonyl (C=O) groups excluding carboxylic acids is 1. The highest BCUT2D eigenvalue weighted by molar-refractivity contribution is 6.44. The second-order valence-corrected chi connectivity index (χ2v) is 6.87. The van der Waals surface area contributed by atoms with Gasteiger partial charge in [0.2, 0.25) is 0 Å². The molecule has 3 aromatic rings. The van der Waals surface area contributed by atoms with Crippen molar-refractivity contribution in [3.05, 3.63) is 87.9 Å². The Morgan fingerprint density at radius 1 is 0.889 bits per heavy atom. The summed E-state index contributed by atoms with van der Waals surface area (Å²) >= 11 is 12.7. The lowest BCUT2D eigenvalue weighted by Gasteiger charge is -2.20. The molecule has 5 heteroatoms. The van der Waals surface area contributed by atoms with Crippen LogP contribution in [0.15, 0.2) is 66.7 Å². The first-order valence-electron chi connectivity index (χ1n) is 8.34. The summed E-state index contributed by atoms with van der Waals surface area (Å²) in [6, 6.07) is 20.4. The fourth-order valence-electron chi connectivity index (χ4n) is 3.17. The summed E-state index contributed by atoms with van der Waals surface area (Å²) in [5.41, 5.74) is 3.59. The molecule has 0 atom stereocenters. The van der Waals surface area contributed by atoms with Gasteiger partial charge in [-0.25, -0.2) is 0 Å². The smallest absolute Gasteiger partial charge is 0.263 e. The Kier molecular flexibility index (Phi) is 4.65. The quantitative estimate of drug-likeness (QED) is 0.492. The maximum absolute atomic E-state index is 13.3. The van der Waals surface area contributed by atoms with Gasteiger partial charge in [-0.15, -0.1) is 0 Å². The molecule has 0 bridgehead atoms. The Bertz CT molecular complexity index is 1040. The Hall–Kier alpha value is -2.75. The minimum Gasteiger partial charge on any atom is -0.497 e. The number of hydrogen-bond donors (Lipinski definition) is 0. The largest absolute Gasteiger partial charge is 0.497 e. The molecular formula is C22H15Cl2NO2. The zero-order valence-electron chi connectivity index (χ0n) is 14.4. The number of ether oxygens (including phenoxy) is 1. The van der Waals surface area contributed by atoms with Crippen LogP contribution in [0, 0.1) is 0 Å². The highest BCUT2D eigenvalue weighted by Crippen LogP contribution is 2.46. The molecule has 3 aromatic carbocycles. The molecule has 0 N–H and O–H groups in total. The Balaban J connectivity index is 1.86. The summed E-state index contributed by atoms with van der Waals surface area (Å²) in [6.45, 7) is 0. The topological polar surface area (TPSA) is 29.5 Å². The molecule has 0 unspecified atom stereocenters. The highest BCUT2D eigenvalue weighted by atomic mass is 35.5. The molecule has 0 radical (unpaired) electrons. The first kappa shape index (κ1) is 17.7. The van der Waals surface area contributed by atoms with Crippen molar-refractivity contribution in [2.45, 2.75) is 0 Å². The molecule has 0 aliphatic carbocycles. The van der Waals surface area contributed by atoms with Crippen molar-refractivity contribution in [2.75, 3.05) is 12.0 Å². The lowest BCUT2D eigenvalue weighted by atomic mass is 10.0. The zero-order valence-corrected chi connectivity index (χ0v) is 16.0. The molecule has 4 rings (SSSR count). The maximum Gasteiger partial charge on any atom is 0.263 e. The Morgan fingerprint density at radius 3 is 2.22 bits per heavy atom. The zero-order chi connectivity index (χ0) is 19.0. The van der Waals surface area contributed by atoms with E-state index in [1.165, 1.54) is 0 Å². The van der Waals surface area contributed by atoms with E-state index in [1.54, 1.807) is 30.2 Å². The molecule has 1 heterocycles. The molecule has 0 saturated heterocycles. The normalized spacial score (nSPS) is 14.6. The van der Waals surface area contributed by atoms with Gasteiger partial charge in [0.15, 0.2) is 0 Å². The van der Waals surface area contributed by atoms with Crippen molar-refractivity contribution in [3.8, 4) is 5.75 Å². The highest BCUT2D eigenvalue weighted by Gasteiger charge is 2.35. The predicted octanol–water partition coefficient (Wildman–Crippen LogP) is 6.22. The fourth-order valence-corrected chi connectivity index (χ4v) is 3.74. The number of para-hydroxylation sites is 2. The molecule has 27 heavy (non-hydrogen) atoms. The molecule has 0 fully saturated rings. The van der Waals surface area contributed by atoms with Crippen LogP contribution in [0.3, 0.4) is 0 Å². The number of anilines is 2. The molecule has 1 aliphatic heterocycles. The van der Waals surface area contributed by atoms with Crippen LogP contribution in [-0.2, 0) is 4.79 Å². The van der Waals surface area contributed by atoms with E-state index in [-0.39, 0.29) is 5.91 Å². The third kappa shape index (κ3) is 3.09. The number of benzene rings is 3. The molecule has 0 saturated carbocycles. The van der Waals surface area contributed by atoms with E-state index in [1.807, 2.05) is 54.6 Å². The van der Waals surface area contributed by atoms with Crippen LogP contribution < -0.4 is 9.64 Å². The predicted molar refractivity (Wildman–Crippen MR) is 111 cm³/mol. The van der Waals surface area contributed by atoms with Gasteiger partial charge in [0, 0.05) is 5.56 Å². The molecular weight excluding hydrogens is 381 g/mol. The van der Waals surface area contributed by atoms with Gasteiger partial charge in [0.05, 0.1) is 34.1 Å². The summed E-state index contributed by atoms with van der Waals surface area (Å²) in [4.78, 5) is 14.9. The number of carbonyl (C=O) groups is 1. The Morgan fingerprint density at radius 2 is 1.56 bits per heavy atom. The van der Waals surface area contributed by atoms with Gasteiger partial charge in [-0.05, 0) is 42.0 Å². The van der Waals surface area contributed by atoms with Gasteiger partial charge in [-0.2, -0.15) is 0 Å². The first-order valence-corrected chi connectivity index (χ1v) is 9.09. The second kappa shape index (κ2) is 7.10. The molecule has 0 spiro atoms. The SMILES string of the molecule is COc1ccc(C=C2C(=O)N(c3c(Cl)cccc3Cl)c3ccccc32)cc1. The monoisotopic (exact) mass is 395 g/mol. The molecule has 1 aliphatic rings. The molecule has 3 nitrogen and oxygen atoms in total. The van der Waals surface area contributed by atoms with E-state index in [4.69, 9.17) is 27.9 Å². The number of nitrogens with zero attached hydrogens (tertiary/aromatic N) is 1. The van der Waals surface area contributed by atoms with Crippen LogP contribution in [0.5, 0.6) is 5.75 Å². The van der Waals surface area contributed by atoms with E-state index in [0.717, 1.165) is 22.6 Å². The average Bonchev–Trinajstić information content (AvgIpc) is 2.95. The van der Waals surface area contributed by atoms with Crippen LogP contribution >= 0.6 is 23.2 Å². The minimum absolute atomic E-state index is 0.165. The minimum atomic E-state index is -0.165. The second-order valence-electron chi connectivity index (χ2n) is 6.06. The summed E-state index contributed by atoms with van der Waals surface area (Å²) in [5, 5.41) is 0.854. The number of amides is 1. The van der Waals surface area contributed by atoms with Crippen molar-refractivity contribution in [1.82, 2.24) is 0 Å². The molecule has 134 valence electrons. The number of halogens is 2. The van der Waals surface area contributed by atoms with Crippen molar-refractivity contribution < 1.29 is 9.53 Å². The van der Waals surface area contributed by atoms with Crippen LogP contribution in [0.1, 0.15) is 11.1 Å². The maximum atomic E-state index is 13.3. The number of hydrogen-bond acceptors (Lipinski definition) is 2. The van der Waals surface area contributed by atoms with Crippen LogP contribution in [0.2, 0.25) is 10.0 Å². The third-order valence-electron chi connectivity index (χ3n) is 4.46. The Labute approximate surface area is 167 Å². The lowest BCUT2D eigenvalue weighted by Crippen LogP contribution is -2.21. The fraction of sp³-hybridized carbons (Fsp3) is 0.0455. The van der Waals surface area contributed by atoms with Crippen molar-refractivity contribution in [3.63, 3.8) is 0 Å². The standard InChI is InChI=1S/C22H15Cl2NO2/c1-27-15-11-9-14(10-12-15)13-17-16-5-2-3-8-20(16)25(22(17)26)21-18(23)6-4-7-19(21)24/h2-13H,1H3. The summed E-state index contributed by atoms with van der Waals surface area (Å²) in [6.07, 6.45) is 1.87. The van der Waals surface area contributed by atoms with Gasteiger partial charge in [0.1, 0.15) is 5.75 Å². The van der Waals surface area contributed by atoms with Crippen molar-refractivity contribution >= 4 is 52.1 Å². The number of fused-ring (bicyclic) bond motifs is 1. The number of rotatable bonds is 3. The molecule has 0 aromatic heterocycles.